The average Bonchev–Trinajstić information content (AvgIpc) is 3.26. The molecular weight excluding hydrogens is 402 g/mol. The van der Waals surface area contributed by atoms with Gasteiger partial charge in [0.1, 0.15) is 11.9 Å². The van der Waals surface area contributed by atoms with Crippen molar-refractivity contribution in [1.82, 2.24) is 25.3 Å². The monoisotopic (exact) mass is 427 g/mol. The molecule has 1 aliphatic heterocycles. The van der Waals surface area contributed by atoms with E-state index < -0.39 is 0 Å². The molecule has 2 aromatic carbocycles. The SMILES string of the molecule is Cn1cc(-c2ccc3nnc(CC(=O)c4cccc(OC5CCNCC5)c4)cc3c2)cn1. The number of Topliss-reactive ketones (excluding diaryl/α,β-unsaturated/α-hetero) is 1. The lowest BCUT2D eigenvalue weighted by atomic mass is 10.0. The predicted octanol–water partition coefficient (Wildman–Crippen LogP) is 3.59. The summed E-state index contributed by atoms with van der Waals surface area (Å²) in [4.78, 5) is 12.9. The Morgan fingerprint density at radius 3 is 2.78 bits per heavy atom. The summed E-state index contributed by atoms with van der Waals surface area (Å²) in [5.74, 6) is 0.742. The van der Waals surface area contributed by atoms with Crippen molar-refractivity contribution in [2.75, 3.05) is 13.1 Å². The first-order valence-electron chi connectivity index (χ1n) is 10.9. The maximum absolute atomic E-state index is 12.9. The van der Waals surface area contributed by atoms with E-state index in [1.165, 1.54) is 0 Å². The average molecular weight is 428 g/mol. The van der Waals surface area contributed by atoms with E-state index in [2.05, 4.69) is 26.7 Å². The van der Waals surface area contributed by atoms with Crippen LogP contribution in [0.1, 0.15) is 28.9 Å². The highest BCUT2D eigenvalue weighted by atomic mass is 16.5. The summed E-state index contributed by atoms with van der Waals surface area (Å²) in [6.07, 6.45) is 6.15. The minimum absolute atomic E-state index is 0.00201. The fourth-order valence-corrected chi connectivity index (χ4v) is 4.04. The van der Waals surface area contributed by atoms with Gasteiger partial charge in [0.2, 0.25) is 0 Å². The fraction of sp³-hybridized carbons (Fsp3) is 0.280. The van der Waals surface area contributed by atoms with Crippen LogP contribution in [-0.2, 0) is 13.5 Å². The minimum Gasteiger partial charge on any atom is -0.490 e. The zero-order chi connectivity index (χ0) is 21.9. The highest BCUT2D eigenvalue weighted by Crippen LogP contribution is 2.24. The second kappa shape index (κ2) is 8.88. The van der Waals surface area contributed by atoms with E-state index in [4.69, 9.17) is 4.74 Å². The highest BCUT2D eigenvalue weighted by Gasteiger charge is 2.16. The number of carbonyl (C=O) groups is 1. The summed E-state index contributed by atoms with van der Waals surface area (Å²) in [6, 6.07) is 15.4. The molecule has 0 saturated carbocycles. The highest BCUT2D eigenvalue weighted by molar-refractivity contribution is 5.98. The number of benzene rings is 2. The Labute approximate surface area is 186 Å². The number of piperidine rings is 1. The van der Waals surface area contributed by atoms with Gasteiger partial charge < -0.3 is 10.1 Å². The molecule has 1 fully saturated rings. The Kier molecular flexibility index (Phi) is 5.64. The van der Waals surface area contributed by atoms with Gasteiger partial charge in [0.05, 0.1) is 23.8 Å². The van der Waals surface area contributed by atoms with Crippen LogP contribution in [0.25, 0.3) is 22.0 Å². The summed E-state index contributed by atoms with van der Waals surface area (Å²) in [5.41, 5.74) is 4.16. The second-order valence-electron chi connectivity index (χ2n) is 8.21. The molecule has 0 aliphatic carbocycles. The molecule has 2 aromatic heterocycles. The van der Waals surface area contributed by atoms with Crippen molar-refractivity contribution in [3.05, 3.63) is 72.2 Å². The fourth-order valence-electron chi connectivity index (χ4n) is 4.04. The lowest BCUT2D eigenvalue weighted by Gasteiger charge is -2.24. The lowest BCUT2D eigenvalue weighted by Crippen LogP contribution is -2.34. The van der Waals surface area contributed by atoms with Crippen molar-refractivity contribution in [3.63, 3.8) is 0 Å². The quantitative estimate of drug-likeness (QED) is 0.474. The first kappa shape index (κ1) is 20.3. The Morgan fingerprint density at radius 1 is 1.09 bits per heavy atom. The number of nitrogens with one attached hydrogen (secondary N) is 1. The molecule has 0 amide bonds. The topological polar surface area (TPSA) is 81.9 Å². The van der Waals surface area contributed by atoms with E-state index >= 15 is 0 Å². The number of fused-ring (bicyclic) bond motifs is 1. The molecule has 0 radical (unpaired) electrons. The minimum atomic E-state index is -0.00201. The first-order chi connectivity index (χ1) is 15.6. The normalized spacial score (nSPS) is 14.5. The van der Waals surface area contributed by atoms with Gasteiger partial charge in [-0.3, -0.25) is 9.48 Å². The molecule has 0 unspecified atom stereocenters. The maximum atomic E-state index is 12.9. The summed E-state index contributed by atoms with van der Waals surface area (Å²) in [5, 5.41) is 17.1. The van der Waals surface area contributed by atoms with Crippen LogP contribution >= 0.6 is 0 Å². The number of hydrogen-bond acceptors (Lipinski definition) is 6. The molecule has 3 heterocycles. The zero-order valence-electron chi connectivity index (χ0n) is 18.0. The number of hydrogen-bond donors (Lipinski definition) is 1. The van der Waals surface area contributed by atoms with Crippen molar-refractivity contribution in [3.8, 4) is 16.9 Å². The largest absolute Gasteiger partial charge is 0.490 e. The van der Waals surface area contributed by atoms with Gasteiger partial charge in [-0.2, -0.15) is 15.3 Å². The van der Waals surface area contributed by atoms with E-state index in [1.54, 1.807) is 4.68 Å². The van der Waals surface area contributed by atoms with E-state index in [9.17, 15) is 4.79 Å². The van der Waals surface area contributed by atoms with Crippen molar-refractivity contribution in [2.24, 2.45) is 7.05 Å². The van der Waals surface area contributed by atoms with Crippen LogP contribution in [0.4, 0.5) is 0 Å². The second-order valence-corrected chi connectivity index (χ2v) is 8.21. The molecule has 1 saturated heterocycles. The van der Waals surface area contributed by atoms with E-state index in [1.807, 2.05) is 61.9 Å². The smallest absolute Gasteiger partial charge is 0.169 e. The lowest BCUT2D eigenvalue weighted by molar-refractivity contribution is 0.0990. The molecule has 162 valence electrons. The zero-order valence-corrected chi connectivity index (χ0v) is 18.0. The summed E-state index contributed by atoms with van der Waals surface area (Å²) < 4.78 is 7.86. The molecule has 0 atom stereocenters. The van der Waals surface area contributed by atoms with Crippen molar-refractivity contribution in [1.29, 1.82) is 0 Å². The maximum Gasteiger partial charge on any atom is 0.169 e. The third-order valence-corrected chi connectivity index (χ3v) is 5.76. The third kappa shape index (κ3) is 4.53. The van der Waals surface area contributed by atoms with E-state index in [0.717, 1.165) is 53.7 Å². The van der Waals surface area contributed by atoms with Crippen LogP contribution in [0, 0.1) is 0 Å². The van der Waals surface area contributed by atoms with Gasteiger partial charge in [0, 0.05) is 29.8 Å². The number of nitrogens with zero attached hydrogens (tertiary/aromatic N) is 4. The predicted molar refractivity (Wildman–Crippen MR) is 123 cm³/mol. The van der Waals surface area contributed by atoms with Gasteiger partial charge in [0.25, 0.3) is 0 Å². The summed E-state index contributed by atoms with van der Waals surface area (Å²) >= 11 is 0. The molecular formula is C25H25N5O2. The number of ether oxygens (including phenoxy) is 1. The molecule has 1 N–H and O–H groups in total. The Hall–Kier alpha value is -3.58. The Morgan fingerprint density at radius 2 is 1.97 bits per heavy atom. The standard InChI is InChI=1S/C25H25N5O2/c1-30-16-20(15-27-30)17-5-6-24-19(11-17)12-21(28-29-24)14-25(31)18-3-2-4-23(13-18)32-22-7-9-26-10-8-22/h2-6,11-13,15-16,22,26H,7-10,14H2,1H3. The number of aromatic nitrogens is 4. The molecule has 0 spiro atoms. The van der Waals surface area contributed by atoms with E-state index in [-0.39, 0.29) is 18.3 Å². The van der Waals surface area contributed by atoms with Crippen LogP contribution in [0.3, 0.4) is 0 Å². The molecule has 7 heteroatoms. The third-order valence-electron chi connectivity index (χ3n) is 5.76. The van der Waals surface area contributed by atoms with Gasteiger partial charge in [-0.25, -0.2) is 0 Å². The number of carbonyl (C=O) groups excluding carboxylic acids is 1. The molecule has 32 heavy (non-hydrogen) atoms. The number of ketones is 1. The first-order valence-corrected chi connectivity index (χ1v) is 10.9. The van der Waals surface area contributed by atoms with Crippen LogP contribution in [0.2, 0.25) is 0 Å². The molecule has 7 nitrogen and oxygen atoms in total. The van der Waals surface area contributed by atoms with E-state index in [0.29, 0.717) is 11.3 Å². The number of aryl methyl sites for hydroxylation is 1. The van der Waals surface area contributed by atoms with Crippen molar-refractivity contribution >= 4 is 16.7 Å². The molecule has 4 aromatic rings. The summed E-state index contributed by atoms with van der Waals surface area (Å²) in [7, 11) is 1.89. The van der Waals surface area contributed by atoms with Gasteiger partial charge in [-0.15, -0.1) is 0 Å². The van der Waals surface area contributed by atoms with Crippen LogP contribution in [0.15, 0.2) is 60.9 Å². The molecule has 1 aliphatic rings. The Bertz CT molecular complexity index is 1260. The van der Waals surface area contributed by atoms with Gasteiger partial charge in [0.15, 0.2) is 5.78 Å². The molecule has 5 rings (SSSR count). The molecule has 0 bridgehead atoms. The Balaban J connectivity index is 1.33. The van der Waals surface area contributed by atoms with Gasteiger partial charge in [-0.1, -0.05) is 18.2 Å². The number of rotatable bonds is 6. The van der Waals surface area contributed by atoms with Crippen LogP contribution < -0.4 is 10.1 Å². The van der Waals surface area contributed by atoms with Gasteiger partial charge >= 0.3 is 0 Å². The van der Waals surface area contributed by atoms with Gasteiger partial charge in [-0.05, 0) is 61.8 Å². The summed E-state index contributed by atoms with van der Waals surface area (Å²) in [6.45, 7) is 1.93. The van der Waals surface area contributed by atoms with Crippen LogP contribution in [0.5, 0.6) is 5.75 Å². The van der Waals surface area contributed by atoms with Crippen LogP contribution in [-0.4, -0.2) is 45.0 Å². The van der Waals surface area contributed by atoms with Crippen molar-refractivity contribution < 1.29 is 9.53 Å². The van der Waals surface area contributed by atoms with Crippen molar-refractivity contribution in [2.45, 2.75) is 25.4 Å².